The molecule has 1 aromatic carbocycles. The minimum Gasteiger partial charge on any atom is -0.434 e. The molecule has 0 atom stereocenters. The lowest BCUT2D eigenvalue weighted by Gasteiger charge is -2.13. The Kier molecular flexibility index (Phi) is 4.06. The normalized spacial score (nSPS) is 15.0. The molecule has 4 nitrogen and oxygen atoms in total. The predicted octanol–water partition coefficient (Wildman–Crippen LogP) is 4.08. The summed E-state index contributed by atoms with van der Waals surface area (Å²) < 4.78 is 11.4. The van der Waals surface area contributed by atoms with E-state index in [9.17, 15) is 4.79 Å². The molecule has 0 fully saturated rings. The van der Waals surface area contributed by atoms with Gasteiger partial charge in [0.2, 0.25) is 0 Å². The molecule has 21 heavy (non-hydrogen) atoms. The maximum Gasteiger partial charge on any atom is 0.514 e. The van der Waals surface area contributed by atoms with E-state index in [2.05, 4.69) is 11.9 Å². The molecule has 0 bridgehead atoms. The molecule has 0 saturated carbocycles. The van der Waals surface area contributed by atoms with Crippen LogP contribution in [0.1, 0.15) is 18.1 Å². The number of halogens is 1. The Morgan fingerprint density at radius 2 is 2.24 bits per heavy atom. The van der Waals surface area contributed by atoms with E-state index in [0.29, 0.717) is 11.7 Å². The van der Waals surface area contributed by atoms with Gasteiger partial charge in [-0.3, -0.25) is 0 Å². The third-order valence-corrected chi connectivity index (χ3v) is 5.01. The maximum atomic E-state index is 11.6. The molecule has 0 radical (unpaired) electrons. The Labute approximate surface area is 132 Å². The van der Waals surface area contributed by atoms with Crippen molar-refractivity contribution in [2.75, 3.05) is 20.2 Å². The van der Waals surface area contributed by atoms with Gasteiger partial charge in [-0.25, -0.2) is 4.79 Å². The highest BCUT2D eigenvalue weighted by atomic mass is 35.5. The minimum atomic E-state index is -0.653. The van der Waals surface area contributed by atoms with Crippen molar-refractivity contribution in [1.29, 1.82) is 0 Å². The number of carbonyl (C=O) groups excluding carboxylic acids is 1. The lowest BCUT2D eigenvalue weighted by atomic mass is 10.1. The summed E-state index contributed by atoms with van der Waals surface area (Å²) >= 11 is 7.82. The summed E-state index contributed by atoms with van der Waals surface area (Å²) in [5.41, 5.74) is 2.17. The first kappa shape index (κ1) is 14.6. The summed E-state index contributed by atoms with van der Waals surface area (Å²) in [5.74, 6) is 0. The molecule has 0 unspecified atom stereocenters. The number of benzene rings is 1. The van der Waals surface area contributed by atoms with Gasteiger partial charge < -0.3 is 14.4 Å². The van der Waals surface area contributed by atoms with Crippen molar-refractivity contribution in [3.05, 3.63) is 28.3 Å². The van der Waals surface area contributed by atoms with Gasteiger partial charge in [-0.15, -0.1) is 0 Å². The van der Waals surface area contributed by atoms with Crippen molar-refractivity contribution in [3.63, 3.8) is 0 Å². The summed E-state index contributed by atoms with van der Waals surface area (Å²) in [6.45, 7) is 3.72. The number of rotatable bonds is 2. The molecule has 1 aliphatic heterocycles. The van der Waals surface area contributed by atoms with E-state index in [1.807, 2.05) is 12.1 Å². The lowest BCUT2D eigenvalue weighted by molar-refractivity contribution is 0.105. The number of nitrogens with zero attached hydrogens (tertiary/aromatic N) is 1. The Balaban J connectivity index is 2.11. The zero-order valence-corrected chi connectivity index (χ0v) is 13.5. The van der Waals surface area contributed by atoms with Crippen LogP contribution < -0.4 is 4.74 Å². The Morgan fingerprint density at radius 1 is 1.43 bits per heavy atom. The van der Waals surface area contributed by atoms with Crippen LogP contribution >= 0.6 is 22.9 Å². The van der Waals surface area contributed by atoms with E-state index in [1.165, 1.54) is 11.3 Å². The van der Waals surface area contributed by atoms with Crippen LogP contribution in [0.3, 0.4) is 0 Å². The summed E-state index contributed by atoms with van der Waals surface area (Å²) in [4.78, 5) is 13.8. The molecule has 2 aromatic rings. The quantitative estimate of drug-likeness (QED) is 0.780. The van der Waals surface area contributed by atoms with E-state index < -0.39 is 6.16 Å². The highest BCUT2D eigenvalue weighted by molar-refractivity contribution is 7.21. The molecule has 2 heterocycles. The van der Waals surface area contributed by atoms with Crippen molar-refractivity contribution in [1.82, 2.24) is 4.90 Å². The smallest absolute Gasteiger partial charge is 0.434 e. The van der Waals surface area contributed by atoms with Gasteiger partial charge in [-0.05, 0) is 38.1 Å². The Morgan fingerprint density at radius 3 is 3.00 bits per heavy atom. The van der Waals surface area contributed by atoms with Crippen LogP contribution in [0.4, 0.5) is 4.79 Å². The van der Waals surface area contributed by atoms with Crippen LogP contribution in [0, 0.1) is 0 Å². The lowest BCUT2D eigenvalue weighted by Crippen LogP contribution is -2.19. The molecule has 0 amide bonds. The Hall–Kier alpha value is -1.30. The standard InChI is InChI=1S/C15H16ClNO3S/c1-3-19-15(18)20-14-10-8-17(2)7-6-9-11(16)4-5-12(21-14)13(9)10/h4-5H,3,6-8H2,1-2H3. The molecule has 0 aliphatic carbocycles. The highest BCUT2D eigenvalue weighted by Gasteiger charge is 2.24. The van der Waals surface area contributed by atoms with Crippen LogP contribution in [0.15, 0.2) is 12.1 Å². The molecule has 0 spiro atoms. The van der Waals surface area contributed by atoms with E-state index >= 15 is 0 Å². The molecule has 0 N–H and O–H groups in total. The van der Waals surface area contributed by atoms with Crippen molar-refractivity contribution in [2.45, 2.75) is 19.9 Å². The van der Waals surface area contributed by atoms with Gasteiger partial charge in [-0.1, -0.05) is 22.9 Å². The minimum absolute atomic E-state index is 0.302. The fraction of sp³-hybridized carbons (Fsp3) is 0.400. The third kappa shape index (κ3) is 2.73. The highest BCUT2D eigenvalue weighted by Crippen LogP contribution is 2.43. The van der Waals surface area contributed by atoms with Crippen LogP contribution in [0.2, 0.25) is 5.02 Å². The number of carbonyl (C=O) groups is 1. The second-order valence-electron chi connectivity index (χ2n) is 5.04. The molecular weight excluding hydrogens is 310 g/mol. The molecule has 0 saturated heterocycles. The van der Waals surface area contributed by atoms with E-state index in [0.717, 1.165) is 45.7 Å². The number of ether oxygens (including phenoxy) is 2. The van der Waals surface area contributed by atoms with E-state index in [4.69, 9.17) is 21.1 Å². The van der Waals surface area contributed by atoms with Gasteiger partial charge in [-0.2, -0.15) is 0 Å². The maximum absolute atomic E-state index is 11.6. The monoisotopic (exact) mass is 325 g/mol. The van der Waals surface area contributed by atoms with Gasteiger partial charge in [0.15, 0.2) is 5.06 Å². The topological polar surface area (TPSA) is 38.8 Å². The largest absolute Gasteiger partial charge is 0.514 e. The van der Waals surface area contributed by atoms with Gasteiger partial charge in [0, 0.05) is 33.8 Å². The van der Waals surface area contributed by atoms with E-state index in [-0.39, 0.29) is 0 Å². The molecular formula is C15H16ClNO3S. The number of hydrogen-bond acceptors (Lipinski definition) is 5. The van der Waals surface area contributed by atoms with Crippen LogP contribution in [0.25, 0.3) is 10.1 Å². The van der Waals surface area contributed by atoms with Crippen LogP contribution in [0.5, 0.6) is 5.06 Å². The first-order valence-electron chi connectivity index (χ1n) is 6.86. The molecule has 3 rings (SSSR count). The van der Waals surface area contributed by atoms with Crippen molar-refractivity contribution >= 4 is 39.2 Å². The number of hydrogen-bond donors (Lipinski definition) is 0. The fourth-order valence-electron chi connectivity index (χ4n) is 2.63. The molecule has 1 aromatic heterocycles. The van der Waals surface area contributed by atoms with Gasteiger partial charge in [0.1, 0.15) is 0 Å². The first-order chi connectivity index (χ1) is 10.1. The molecule has 1 aliphatic rings. The molecule has 112 valence electrons. The summed E-state index contributed by atoms with van der Waals surface area (Å²) in [6.07, 6.45) is 0.245. The zero-order chi connectivity index (χ0) is 15.0. The van der Waals surface area contributed by atoms with E-state index in [1.54, 1.807) is 6.92 Å². The van der Waals surface area contributed by atoms with Crippen molar-refractivity contribution in [2.24, 2.45) is 0 Å². The molecule has 6 heteroatoms. The summed E-state index contributed by atoms with van der Waals surface area (Å²) in [7, 11) is 2.05. The number of thiophene rings is 1. The predicted molar refractivity (Wildman–Crippen MR) is 84.5 cm³/mol. The average molecular weight is 326 g/mol. The SMILES string of the molecule is CCOC(=O)Oc1sc2ccc(Cl)c3c2c1CN(C)CC3. The van der Waals surface area contributed by atoms with Crippen LogP contribution in [-0.4, -0.2) is 31.3 Å². The van der Waals surface area contributed by atoms with Gasteiger partial charge >= 0.3 is 6.16 Å². The van der Waals surface area contributed by atoms with Gasteiger partial charge in [0.05, 0.1) is 6.61 Å². The van der Waals surface area contributed by atoms with Gasteiger partial charge in [0.25, 0.3) is 0 Å². The van der Waals surface area contributed by atoms with Crippen molar-refractivity contribution in [3.8, 4) is 5.06 Å². The second kappa shape index (κ2) is 5.83. The average Bonchev–Trinajstić information content (AvgIpc) is 2.65. The fourth-order valence-corrected chi connectivity index (χ4v) is 3.96. The van der Waals surface area contributed by atoms with Crippen molar-refractivity contribution < 1.29 is 14.3 Å². The number of likely N-dealkylation sites (N-methyl/N-ethyl adjacent to an activating group) is 1. The second-order valence-corrected chi connectivity index (χ2v) is 6.46. The Bertz CT molecular complexity index is 698. The third-order valence-electron chi connectivity index (χ3n) is 3.58. The van der Waals surface area contributed by atoms with Crippen LogP contribution in [-0.2, 0) is 17.7 Å². The summed E-state index contributed by atoms with van der Waals surface area (Å²) in [5, 5.41) is 2.52. The first-order valence-corrected chi connectivity index (χ1v) is 8.05. The summed E-state index contributed by atoms with van der Waals surface area (Å²) in [6, 6.07) is 3.90. The zero-order valence-electron chi connectivity index (χ0n) is 11.9.